The van der Waals surface area contributed by atoms with E-state index in [1.165, 1.54) is 18.0 Å². The highest BCUT2D eigenvalue weighted by atomic mass is 79.9. The Morgan fingerprint density at radius 2 is 1.90 bits per heavy atom. The zero-order valence-electron chi connectivity index (χ0n) is 16.2. The van der Waals surface area contributed by atoms with Crippen LogP contribution in [0.4, 0.5) is 0 Å². The number of halogens is 2. The molecule has 1 saturated heterocycles. The fourth-order valence-electron chi connectivity index (χ4n) is 2.71. The second-order valence-corrected chi connectivity index (χ2v) is 7.96. The van der Waals surface area contributed by atoms with Crippen molar-refractivity contribution in [2.24, 2.45) is 0 Å². The van der Waals surface area contributed by atoms with Gasteiger partial charge in [0.15, 0.2) is 16.6 Å². The molecule has 0 aromatic heterocycles. The Hall–Kier alpha value is -2.42. The average molecular weight is 510 g/mol. The van der Waals surface area contributed by atoms with Crippen LogP contribution in [-0.2, 0) is 16.2 Å². The molecule has 0 radical (unpaired) electrons. The van der Waals surface area contributed by atoms with Gasteiger partial charge in [-0.1, -0.05) is 45.7 Å². The molecule has 0 unspecified atom stereocenters. The molecule has 0 aliphatic carbocycles. The SMILES string of the molecule is CCOc1cc(/C=C2\C(=O)NC(=S)N(C)C2=O)c(Br)cc1OCc1ccccc1Cl. The number of thiocarbonyl (C=S) groups is 1. The van der Waals surface area contributed by atoms with Gasteiger partial charge in [0.05, 0.1) is 6.61 Å². The van der Waals surface area contributed by atoms with E-state index in [2.05, 4.69) is 21.2 Å². The van der Waals surface area contributed by atoms with Crippen LogP contribution in [0.2, 0.25) is 5.02 Å². The molecule has 1 aliphatic rings. The smallest absolute Gasteiger partial charge is 0.265 e. The Bertz CT molecular complexity index is 1060. The van der Waals surface area contributed by atoms with Crippen molar-refractivity contribution in [2.75, 3.05) is 13.7 Å². The van der Waals surface area contributed by atoms with Gasteiger partial charge in [-0.15, -0.1) is 0 Å². The van der Waals surface area contributed by atoms with Gasteiger partial charge in [-0.3, -0.25) is 19.8 Å². The summed E-state index contributed by atoms with van der Waals surface area (Å²) in [4.78, 5) is 25.9. The number of carbonyl (C=O) groups is 2. The summed E-state index contributed by atoms with van der Waals surface area (Å²) in [5.41, 5.74) is 1.40. The third-order valence-corrected chi connectivity index (χ3v) is 5.74. The summed E-state index contributed by atoms with van der Waals surface area (Å²) >= 11 is 14.6. The number of hydrogen-bond acceptors (Lipinski definition) is 5. The molecule has 2 aromatic carbocycles. The largest absolute Gasteiger partial charge is 0.490 e. The minimum atomic E-state index is -0.549. The minimum Gasteiger partial charge on any atom is -0.490 e. The van der Waals surface area contributed by atoms with Gasteiger partial charge in [-0.25, -0.2) is 0 Å². The van der Waals surface area contributed by atoms with Crippen molar-refractivity contribution < 1.29 is 19.1 Å². The van der Waals surface area contributed by atoms with Crippen LogP contribution in [0.25, 0.3) is 6.08 Å². The van der Waals surface area contributed by atoms with E-state index >= 15 is 0 Å². The van der Waals surface area contributed by atoms with Crippen LogP contribution in [-0.4, -0.2) is 35.5 Å². The number of rotatable bonds is 6. The molecule has 6 nitrogen and oxygen atoms in total. The lowest BCUT2D eigenvalue weighted by Crippen LogP contribution is -2.52. The van der Waals surface area contributed by atoms with E-state index in [0.717, 1.165) is 5.56 Å². The van der Waals surface area contributed by atoms with Crippen molar-refractivity contribution in [3.63, 3.8) is 0 Å². The average Bonchev–Trinajstić information content (AvgIpc) is 2.71. The number of nitrogens with zero attached hydrogens (tertiary/aromatic N) is 1. The molecule has 0 spiro atoms. The number of hydrogen-bond donors (Lipinski definition) is 1. The highest BCUT2D eigenvalue weighted by Crippen LogP contribution is 2.36. The maximum Gasteiger partial charge on any atom is 0.265 e. The van der Waals surface area contributed by atoms with E-state index in [4.69, 9.17) is 33.3 Å². The molecule has 2 amide bonds. The highest BCUT2D eigenvalue weighted by Gasteiger charge is 2.31. The monoisotopic (exact) mass is 508 g/mol. The lowest BCUT2D eigenvalue weighted by atomic mass is 10.1. The van der Waals surface area contributed by atoms with Gasteiger partial charge in [0.25, 0.3) is 11.8 Å². The normalized spacial score (nSPS) is 15.4. The first-order valence-corrected chi connectivity index (χ1v) is 10.6. The number of amides is 2. The van der Waals surface area contributed by atoms with Crippen LogP contribution in [0.5, 0.6) is 11.5 Å². The molecule has 30 heavy (non-hydrogen) atoms. The molecule has 156 valence electrons. The molecular weight excluding hydrogens is 492 g/mol. The van der Waals surface area contributed by atoms with Gasteiger partial charge < -0.3 is 9.47 Å². The minimum absolute atomic E-state index is 0.0287. The maximum atomic E-state index is 12.5. The summed E-state index contributed by atoms with van der Waals surface area (Å²) in [5, 5.41) is 3.17. The molecule has 1 fully saturated rings. The predicted molar refractivity (Wildman–Crippen MR) is 123 cm³/mol. The Labute approximate surface area is 192 Å². The van der Waals surface area contributed by atoms with Gasteiger partial charge in [-0.2, -0.15) is 0 Å². The Balaban J connectivity index is 1.93. The first-order chi connectivity index (χ1) is 14.3. The van der Waals surface area contributed by atoms with Crippen molar-refractivity contribution in [1.82, 2.24) is 10.2 Å². The summed E-state index contributed by atoms with van der Waals surface area (Å²) in [6.07, 6.45) is 1.49. The molecule has 1 N–H and O–H groups in total. The second-order valence-electron chi connectivity index (χ2n) is 6.32. The van der Waals surface area contributed by atoms with Crippen molar-refractivity contribution in [3.8, 4) is 11.5 Å². The fraction of sp³-hybridized carbons (Fsp3) is 0.190. The zero-order chi connectivity index (χ0) is 21.8. The molecule has 9 heteroatoms. The number of likely N-dealkylation sites (N-methyl/N-ethyl adjacent to an activating group) is 1. The number of nitrogens with one attached hydrogen (secondary N) is 1. The number of benzene rings is 2. The Morgan fingerprint density at radius 3 is 2.60 bits per heavy atom. The maximum absolute atomic E-state index is 12.5. The van der Waals surface area contributed by atoms with E-state index < -0.39 is 11.8 Å². The van der Waals surface area contributed by atoms with Gasteiger partial charge in [-0.05, 0) is 49.0 Å². The predicted octanol–water partition coefficient (Wildman–Crippen LogP) is 4.34. The molecule has 1 heterocycles. The molecule has 0 atom stereocenters. The van der Waals surface area contributed by atoms with Crippen molar-refractivity contribution in [1.29, 1.82) is 0 Å². The van der Waals surface area contributed by atoms with Crippen LogP contribution in [0.3, 0.4) is 0 Å². The van der Waals surface area contributed by atoms with E-state index in [-0.39, 0.29) is 17.3 Å². The van der Waals surface area contributed by atoms with Crippen LogP contribution in [0, 0.1) is 0 Å². The van der Waals surface area contributed by atoms with Crippen LogP contribution in [0.1, 0.15) is 18.1 Å². The fourth-order valence-corrected chi connectivity index (χ4v) is 3.52. The number of carbonyl (C=O) groups excluding carboxylic acids is 2. The summed E-state index contributed by atoms with van der Waals surface area (Å²) in [5.74, 6) is -0.0460. The zero-order valence-corrected chi connectivity index (χ0v) is 19.4. The molecule has 3 rings (SSSR count). The summed E-state index contributed by atoms with van der Waals surface area (Å²) in [6.45, 7) is 2.53. The quantitative estimate of drug-likeness (QED) is 0.357. The van der Waals surface area contributed by atoms with Gasteiger partial charge in [0.2, 0.25) is 0 Å². The summed E-state index contributed by atoms with van der Waals surface area (Å²) in [6, 6.07) is 10.8. The van der Waals surface area contributed by atoms with Gasteiger partial charge in [0, 0.05) is 22.1 Å². The number of ether oxygens (including phenoxy) is 2. The van der Waals surface area contributed by atoms with E-state index in [9.17, 15) is 9.59 Å². The van der Waals surface area contributed by atoms with E-state index in [0.29, 0.717) is 33.2 Å². The van der Waals surface area contributed by atoms with Crippen molar-refractivity contribution in [3.05, 3.63) is 62.6 Å². The van der Waals surface area contributed by atoms with Gasteiger partial charge in [0.1, 0.15) is 12.2 Å². The molecule has 2 aromatic rings. The molecule has 0 saturated carbocycles. The topological polar surface area (TPSA) is 67.9 Å². The summed E-state index contributed by atoms with van der Waals surface area (Å²) in [7, 11) is 1.50. The second kappa shape index (κ2) is 9.59. The van der Waals surface area contributed by atoms with Crippen LogP contribution >= 0.6 is 39.7 Å². The Morgan fingerprint density at radius 1 is 1.20 bits per heavy atom. The third-order valence-electron chi connectivity index (χ3n) is 4.31. The van der Waals surface area contributed by atoms with E-state index in [1.807, 2.05) is 25.1 Å². The lowest BCUT2D eigenvalue weighted by Gasteiger charge is -2.25. The first-order valence-electron chi connectivity index (χ1n) is 8.99. The molecular formula is C21H18BrClN2O4S. The molecule has 0 bridgehead atoms. The van der Waals surface area contributed by atoms with Crippen LogP contribution < -0.4 is 14.8 Å². The lowest BCUT2D eigenvalue weighted by molar-refractivity contribution is -0.128. The van der Waals surface area contributed by atoms with E-state index in [1.54, 1.807) is 18.2 Å². The highest BCUT2D eigenvalue weighted by molar-refractivity contribution is 9.10. The molecule has 1 aliphatic heterocycles. The van der Waals surface area contributed by atoms with Crippen molar-refractivity contribution >= 4 is 62.8 Å². The standard InChI is InChI=1S/C21H18BrClN2O4S/c1-3-28-17-9-13(8-14-19(26)24-21(30)25(2)20(14)27)15(22)10-18(17)29-11-12-6-4-5-7-16(12)23/h4-10H,3,11H2,1-2H3,(H,24,26,30)/b14-8+. The van der Waals surface area contributed by atoms with Crippen LogP contribution in [0.15, 0.2) is 46.4 Å². The third kappa shape index (κ3) is 4.83. The first kappa shape index (κ1) is 22.3. The Kier molecular flexibility index (Phi) is 7.12. The summed E-state index contributed by atoms with van der Waals surface area (Å²) < 4.78 is 12.3. The van der Waals surface area contributed by atoms with Crippen molar-refractivity contribution in [2.45, 2.75) is 13.5 Å². The van der Waals surface area contributed by atoms with Gasteiger partial charge >= 0.3 is 0 Å².